The number of amides is 1. The Bertz CT molecular complexity index is 806. The van der Waals surface area contributed by atoms with Crippen LogP contribution >= 0.6 is 12.2 Å². The van der Waals surface area contributed by atoms with Gasteiger partial charge in [0.1, 0.15) is 12.2 Å². The van der Waals surface area contributed by atoms with Crippen LogP contribution in [0.3, 0.4) is 0 Å². The highest BCUT2D eigenvalue weighted by Crippen LogP contribution is 2.29. The molecule has 1 aliphatic heterocycles. The molecule has 27 heavy (non-hydrogen) atoms. The summed E-state index contributed by atoms with van der Waals surface area (Å²) in [5.74, 6) is -0.840. The van der Waals surface area contributed by atoms with E-state index >= 15 is 0 Å². The third kappa shape index (κ3) is 4.94. The van der Waals surface area contributed by atoms with Crippen LogP contribution in [0.1, 0.15) is 5.56 Å². The molecule has 1 amide bonds. The minimum Gasteiger partial charge on any atom is -0.493 e. The number of carbonyl (C=O) groups is 3. The van der Waals surface area contributed by atoms with Gasteiger partial charge >= 0.3 is 11.9 Å². The summed E-state index contributed by atoms with van der Waals surface area (Å²) in [5.41, 5.74) is 0.824. The van der Waals surface area contributed by atoms with E-state index in [0.29, 0.717) is 17.1 Å². The Hall–Kier alpha value is -3.14. The molecule has 144 valence electrons. The monoisotopic (exact) mass is 394 g/mol. The molecule has 1 aliphatic rings. The van der Waals surface area contributed by atoms with Crippen LogP contribution in [0.4, 0.5) is 0 Å². The molecule has 0 aromatic heterocycles. The van der Waals surface area contributed by atoms with Crippen molar-refractivity contribution in [1.29, 1.82) is 0 Å². The largest absolute Gasteiger partial charge is 0.493 e. The minimum absolute atomic E-state index is 0.113. The molecule has 1 fully saturated rings. The Balaban J connectivity index is 2.18. The van der Waals surface area contributed by atoms with Crippen molar-refractivity contribution in [1.82, 2.24) is 10.2 Å². The lowest BCUT2D eigenvalue weighted by atomic mass is 10.1. The predicted molar refractivity (Wildman–Crippen MR) is 97.9 cm³/mol. The van der Waals surface area contributed by atoms with Crippen LogP contribution in [0.25, 0.3) is 6.08 Å². The van der Waals surface area contributed by atoms with E-state index in [9.17, 15) is 14.4 Å². The number of carbonyl (C=O) groups excluding carboxylic acids is 3. The number of ether oxygens (including phenoxy) is 4. The fourth-order valence-corrected chi connectivity index (χ4v) is 2.42. The van der Waals surface area contributed by atoms with Crippen molar-refractivity contribution >= 4 is 41.3 Å². The zero-order valence-corrected chi connectivity index (χ0v) is 15.8. The maximum Gasteiger partial charge on any atom is 0.343 e. The number of nitrogens with one attached hydrogen (secondary N) is 1. The molecule has 0 atom stereocenters. The number of nitrogens with zero attached hydrogens (tertiary/aromatic N) is 1. The van der Waals surface area contributed by atoms with Crippen molar-refractivity contribution in [3.8, 4) is 11.5 Å². The maximum absolute atomic E-state index is 12.4. The topological polar surface area (TPSA) is 103 Å². The molecule has 10 heteroatoms. The number of thiocarbonyl (C=S) groups is 1. The van der Waals surface area contributed by atoms with Gasteiger partial charge in [-0.2, -0.15) is 0 Å². The lowest BCUT2D eigenvalue weighted by Crippen LogP contribution is -2.35. The first-order valence-corrected chi connectivity index (χ1v) is 8.09. The molecule has 1 heterocycles. The highest BCUT2D eigenvalue weighted by Gasteiger charge is 2.32. The minimum atomic E-state index is -0.581. The molecule has 1 N–H and O–H groups in total. The number of benzene rings is 1. The smallest absolute Gasteiger partial charge is 0.343 e. The highest BCUT2D eigenvalue weighted by molar-refractivity contribution is 7.80. The average molecular weight is 394 g/mol. The van der Waals surface area contributed by atoms with E-state index in [0.717, 1.165) is 4.90 Å². The summed E-state index contributed by atoms with van der Waals surface area (Å²) in [6.07, 6.45) is 1.55. The molecular weight excluding hydrogens is 376 g/mol. The number of rotatable bonds is 7. The van der Waals surface area contributed by atoms with Gasteiger partial charge in [-0.05, 0) is 36.0 Å². The molecular formula is C17H18N2O7S. The van der Waals surface area contributed by atoms with E-state index in [1.807, 2.05) is 0 Å². The molecule has 1 aromatic carbocycles. The molecule has 0 unspecified atom stereocenters. The van der Waals surface area contributed by atoms with Gasteiger partial charge in [0.15, 0.2) is 23.2 Å². The van der Waals surface area contributed by atoms with Crippen LogP contribution in [0.2, 0.25) is 0 Å². The molecule has 0 saturated carbocycles. The normalized spacial score (nSPS) is 14.8. The molecule has 0 bridgehead atoms. The van der Waals surface area contributed by atoms with E-state index < -0.39 is 17.8 Å². The van der Waals surface area contributed by atoms with E-state index in [1.54, 1.807) is 24.3 Å². The van der Waals surface area contributed by atoms with Gasteiger partial charge in [-0.3, -0.25) is 14.5 Å². The van der Waals surface area contributed by atoms with Gasteiger partial charge in [0.05, 0.1) is 21.3 Å². The fourth-order valence-electron chi connectivity index (χ4n) is 2.16. The second-order valence-corrected chi connectivity index (χ2v) is 5.62. The Morgan fingerprint density at radius 1 is 1.15 bits per heavy atom. The summed E-state index contributed by atoms with van der Waals surface area (Å²) < 4.78 is 19.6. The van der Waals surface area contributed by atoms with E-state index in [4.69, 9.17) is 21.7 Å². The van der Waals surface area contributed by atoms with Crippen LogP contribution < -0.4 is 14.8 Å². The lowest BCUT2D eigenvalue weighted by molar-refractivity contribution is -0.143. The van der Waals surface area contributed by atoms with E-state index in [2.05, 4.69) is 14.8 Å². The van der Waals surface area contributed by atoms with Gasteiger partial charge in [-0.1, -0.05) is 6.07 Å². The van der Waals surface area contributed by atoms with Crippen LogP contribution in [0, 0.1) is 0 Å². The van der Waals surface area contributed by atoms with Crippen LogP contribution in [0.15, 0.2) is 23.9 Å². The molecule has 0 aliphatic carbocycles. The Labute approximate surface area is 160 Å². The van der Waals surface area contributed by atoms with Crippen molar-refractivity contribution in [2.45, 2.75) is 0 Å². The van der Waals surface area contributed by atoms with Crippen LogP contribution in [-0.4, -0.2) is 62.3 Å². The average Bonchev–Trinajstić information content (AvgIpc) is 2.93. The molecule has 0 radical (unpaired) electrons. The summed E-state index contributed by atoms with van der Waals surface area (Å²) >= 11 is 5.07. The Morgan fingerprint density at radius 3 is 2.48 bits per heavy atom. The number of methoxy groups -OCH3 is 3. The molecule has 2 rings (SSSR count). The first-order chi connectivity index (χ1) is 12.9. The van der Waals surface area contributed by atoms with Crippen LogP contribution in [0.5, 0.6) is 11.5 Å². The van der Waals surface area contributed by atoms with Crippen molar-refractivity contribution < 1.29 is 33.3 Å². The summed E-state index contributed by atoms with van der Waals surface area (Å²) in [6, 6.07) is 4.89. The zero-order valence-electron chi connectivity index (χ0n) is 14.9. The van der Waals surface area contributed by atoms with Gasteiger partial charge in [0.25, 0.3) is 5.91 Å². The third-order valence-corrected chi connectivity index (χ3v) is 3.87. The summed E-state index contributed by atoms with van der Waals surface area (Å²) in [6.45, 7) is -0.535. The molecule has 0 spiro atoms. The van der Waals surface area contributed by atoms with Crippen molar-refractivity contribution in [2.75, 3.05) is 34.5 Å². The third-order valence-electron chi connectivity index (χ3n) is 3.55. The van der Waals surface area contributed by atoms with Crippen LogP contribution in [-0.2, 0) is 23.9 Å². The first kappa shape index (κ1) is 20.2. The lowest BCUT2D eigenvalue weighted by Gasteiger charge is -2.11. The summed E-state index contributed by atoms with van der Waals surface area (Å²) in [7, 11) is 3.94. The number of hydrogen-bond donors (Lipinski definition) is 1. The van der Waals surface area contributed by atoms with Crippen molar-refractivity contribution in [2.24, 2.45) is 0 Å². The predicted octanol–water partition coefficient (Wildman–Crippen LogP) is 0.478. The van der Waals surface area contributed by atoms with E-state index in [-0.39, 0.29) is 24.0 Å². The summed E-state index contributed by atoms with van der Waals surface area (Å²) in [5, 5.41) is 2.87. The van der Waals surface area contributed by atoms with Crippen molar-refractivity contribution in [3.05, 3.63) is 29.5 Å². The Morgan fingerprint density at radius 2 is 1.85 bits per heavy atom. The maximum atomic E-state index is 12.4. The van der Waals surface area contributed by atoms with Gasteiger partial charge in [0.2, 0.25) is 0 Å². The SMILES string of the molecule is COC(=O)COc1ccc(/C=C2\NC(=S)N(CC(=O)OC)C2=O)cc1OC. The second kappa shape index (κ2) is 8.99. The Kier molecular flexibility index (Phi) is 6.72. The van der Waals surface area contributed by atoms with Gasteiger partial charge in [-0.15, -0.1) is 0 Å². The van der Waals surface area contributed by atoms with Gasteiger partial charge < -0.3 is 24.3 Å². The first-order valence-electron chi connectivity index (χ1n) is 7.68. The van der Waals surface area contributed by atoms with Gasteiger partial charge in [0, 0.05) is 0 Å². The second-order valence-electron chi connectivity index (χ2n) is 5.23. The number of hydrogen-bond acceptors (Lipinski definition) is 8. The number of esters is 2. The quantitative estimate of drug-likeness (QED) is 0.402. The van der Waals surface area contributed by atoms with Crippen molar-refractivity contribution in [3.63, 3.8) is 0 Å². The van der Waals surface area contributed by atoms with Gasteiger partial charge in [-0.25, -0.2) is 4.79 Å². The molecule has 1 saturated heterocycles. The fraction of sp³-hybridized carbons (Fsp3) is 0.294. The van der Waals surface area contributed by atoms with E-state index in [1.165, 1.54) is 21.3 Å². The highest BCUT2D eigenvalue weighted by atomic mass is 32.1. The molecule has 9 nitrogen and oxygen atoms in total. The zero-order chi connectivity index (χ0) is 20.0. The molecule has 1 aromatic rings. The standard InChI is InChI=1S/C17H18N2O7S/c1-23-13-7-10(4-5-12(13)26-9-15(21)25-3)6-11-16(22)19(17(27)18-11)8-14(20)24-2/h4-7H,8-9H2,1-3H3,(H,18,27)/b11-6-. The summed E-state index contributed by atoms with van der Waals surface area (Å²) in [4.78, 5) is 36.1.